The molecule has 0 atom stereocenters. The summed E-state index contributed by atoms with van der Waals surface area (Å²) in [4.78, 5) is 16.8. The van der Waals surface area contributed by atoms with Crippen molar-refractivity contribution >= 4 is 11.7 Å². The molecule has 0 radical (unpaired) electrons. The molecule has 0 unspecified atom stereocenters. The van der Waals surface area contributed by atoms with Crippen LogP contribution in [-0.4, -0.2) is 50.8 Å². The summed E-state index contributed by atoms with van der Waals surface area (Å²) in [6.45, 7) is 8.28. The second kappa shape index (κ2) is 9.49. The molecular weight excluding hydrogens is 350 g/mol. The zero-order valence-corrected chi connectivity index (χ0v) is 17.1. The predicted molar refractivity (Wildman–Crippen MR) is 114 cm³/mol. The van der Waals surface area contributed by atoms with Crippen LogP contribution in [0.25, 0.3) is 0 Å². The van der Waals surface area contributed by atoms with Crippen molar-refractivity contribution in [3.05, 3.63) is 59.7 Å². The van der Waals surface area contributed by atoms with E-state index in [0.717, 1.165) is 43.9 Å². The van der Waals surface area contributed by atoms with Crippen molar-refractivity contribution in [2.45, 2.75) is 26.2 Å². The Hall–Kier alpha value is -2.69. The first-order valence-electron chi connectivity index (χ1n) is 10.1. The molecule has 2 amide bonds. The summed E-state index contributed by atoms with van der Waals surface area (Å²) in [5.74, 6) is 1.36. The fraction of sp³-hybridized carbons (Fsp3) is 0.435. The van der Waals surface area contributed by atoms with Crippen LogP contribution in [0.5, 0.6) is 5.75 Å². The Morgan fingerprint density at radius 3 is 2.43 bits per heavy atom. The van der Waals surface area contributed by atoms with Crippen molar-refractivity contribution < 1.29 is 9.53 Å². The Balaban J connectivity index is 1.49. The molecular formula is C23H31N3O2. The molecule has 1 N–H and O–H groups in total. The van der Waals surface area contributed by atoms with Crippen LogP contribution in [0.1, 0.15) is 30.9 Å². The first kappa shape index (κ1) is 20.1. The lowest BCUT2D eigenvalue weighted by Gasteiger charge is -2.37. The Morgan fingerprint density at radius 2 is 1.71 bits per heavy atom. The average Bonchev–Trinajstić information content (AvgIpc) is 2.74. The quantitative estimate of drug-likeness (QED) is 0.826. The van der Waals surface area contributed by atoms with Gasteiger partial charge in [0.1, 0.15) is 5.75 Å². The maximum absolute atomic E-state index is 12.5. The van der Waals surface area contributed by atoms with Gasteiger partial charge in [0, 0.05) is 38.4 Å². The molecule has 0 bridgehead atoms. The van der Waals surface area contributed by atoms with E-state index in [1.165, 1.54) is 11.3 Å². The highest BCUT2D eigenvalue weighted by atomic mass is 16.5. The first-order chi connectivity index (χ1) is 13.6. The fourth-order valence-electron chi connectivity index (χ4n) is 3.74. The van der Waals surface area contributed by atoms with Gasteiger partial charge in [-0.05, 0) is 35.6 Å². The van der Waals surface area contributed by atoms with Gasteiger partial charge in [0.25, 0.3) is 0 Å². The van der Waals surface area contributed by atoms with Gasteiger partial charge in [0.15, 0.2) is 0 Å². The lowest BCUT2D eigenvalue weighted by Crippen LogP contribution is -2.52. The Labute approximate surface area is 168 Å². The number of benzene rings is 2. The summed E-state index contributed by atoms with van der Waals surface area (Å²) in [7, 11) is 1.67. The summed E-state index contributed by atoms with van der Waals surface area (Å²) in [5, 5.41) is 3.05. The van der Waals surface area contributed by atoms with Crippen LogP contribution in [-0.2, 0) is 6.42 Å². The van der Waals surface area contributed by atoms with Crippen LogP contribution in [0.15, 0.2) is 48.5 Å². The second-order valence-electron chi connectivity index (χ2n) is 7.48. The zero-order chi connectivity index (χ0) is 19.9. The highest BCUT2D eigenvalue weighted by molar-refractivity contribution is 5.74. The van der Waals surface area contributed by atoms with Crippen LogP contribution in [0.3, 0.4) is 0 Å². The van der Waals surface area contributed by atoms with Gasteiger partial charge < -0.3 is 19.9 Å². The van der Waals surface area contributed by atoms with Crippen molar-refractivity contribution in [2.24, 2.45) is 0 Å². The maximum atomic E-state index is 12.5. The lowest BCUT2D eigenvalue weighted by molar-refractivity contribution is 0.194. The van der Waals surface area contributed by atoms with Crippen molar-refractivity contribution in [2.75, 3.05) is 44.7 Å². The van der Waals surface area contributed by atoms with Crippen molar-refractivity contribution in [3.8, 4) is 5.75 Å². The highest BCUT2D eigenvalue weighted by Crippen LogP contribution is 2.28. The molecule has 1 aliphatic rings. The summed E-state index contributed by atoms with van der Waals surface area (Å²) in [6.07, 6.45) is 0.761. The number of amides is 2. The van der Waals surface area contributed by atoms with E-state index in [-0.39, 0.29) is 6.03 Å². The number of anilines is 1. The molecule has 150 valence electrons. The minimum atomic E-state index is 0.0201. The molecule has 0 aromatic heterocycles. The lowest BCUT2D eigenvalue weighted by atomic mass is 10.00. The van der Waals surface area contributed by atoms with Gasteiger partial charge in [-0.25, -0.2) is 4.79 Å². The van der Waals surface area contributed by atoms with Gasteiger partial charge >= 0.3 is 6.03 Å². The van der Waals surface area contributed by atoms with E-state index >= 15 is 0 Å². The van der Waals surface area contributed by atoms with E-state index < -0.39 is 0 Å². The number of piperazine rings is 1. The third kappa shape index (κ3) is 4.77. The molecule has 28 heavy (non-hydrogen) atoms. The minimum absolute atomic E-state index is 0.0201. The molecule has 2 aromatic rings. The van der Waals surface area contributed by atoms with Gasteiger partial charge in [-0.1, -0.05) is 50.2 Å². The normalized spacial score (nSPS) is 14.3. The molecule has 5 nitrogen and oxygen atoms in total. The van der Waals surface area contributed by atoms with Gasteiger partial charge in [0.2, 0.25) is 0 Å². The molecule has 0 aliphatic carbocycles. The van der Waals surface area contributed by atoms with Crippen LogP contribution in [0.2, 0.25) is 0 Å². The Morgan fingerprint density at radius 1 is 1.04 bits per heavy atom. The number of nitrogens with zero attached hydrogens (tertiary/aromatic N) is 2. The standard InChI is InChI=1S/C23H31N3O2/c1-18(2)20-9-5-6-10-21(20)25-14-16-26(17-15-25)23(27)24-13-12-19-8-4-7-11-22(19)28-3/h4-11,18H,12-17H2,1-3H3,(H,24,27). The molecule has 1 aliphatic heterocycles. The van der Waals surface area contributed by atoms with E-state index in [2.05, 4.69) is 48.3 Å². The number of methoxy groups -OCH3 is 1. The van der Waals surface area contributed by atoms with Crippen molar-refractivity contribution in [3.63, 3.8) is 0 Å². The fourth-order valence-corrected chi connectivity index (χ4v) is 3.74. The molecule has 1 heterocycles. The Kier molecular flexibility index (Phi) is 6.80. The first-order valence-corrected chi connectivity index (χ1v) is 10.1. The molecule has 1 saturated heterocycles. The number of urea groups is 1. The maximum Gasteiger partial charge on any atom is 0.317 e. The summed E-state index contributed by atoms with van der Waals surface area (Å²) >= 11 is 0. The SMILES string of the molecule is COc1ccccc1CCNC(=O)N1CCN(c2ccccc2C(C)C)CC1. The van der Waals surface area contributed by atoms with Gasteiger partial charge in [-0.2, -0.15) is 0 Å². The Bertz CT molecular complexity index is 783. The average molecular weight is 382 g/mol. The summed E-state index contributed by atoms with van der Waals surface area (Å²) < 4.78 is 5.37. The topological polar surface area (TPSA) is 44.8 Å². The number of carbonyl (C=O) groups is 1. The highest BCUT2D eigenvalue weighted by Gasteiger charge is 2.22. The molecule has 2 aromatic carbocycles. The summed E-state index contributed by atoms with van der Waals surface area (Å²) in [6, 6.07) is 16.6. The number of para-hydroxylation sites is 2. The monoisotopic (exact) mass is 381 g/mol. The van der Waals surface area contributed by atoms with E-state index in [4.69, 9.17) is 4.74 Å². The van der Waals surface area contributed by atoms with E-state index in [1.54, 1.807) is 7.11 Å². The number of ether oxygens (including phenoxy) is 1. The smallest absolute Gasteiger partial charge is 0.317 e. The van der Waals surface area contributed by atoms with Gasteiger partial charge in [-0.15, -0.1) is 0 Å². The van der Waals surface area contributed by atoms with Crippen LogP contribution in [0, 0.1) is 0 Å². The second-order valence-corrected chi connectivity index (χ2v) is 7.48. The summed E-state index contributed by atoms with van der Waals surface area (Å²) in [5.41, 5.74) is 3.78. The van der Waals surface area contributed by atoms with E-state index in [1.807, 2.05) is 29.2 Å². The van der Waals surface area contributed by atoms with Gasteiger partial charge in [-0.3, -0.25) is 0 Å². The zero-order valence-electron chi connectivity index (χ0n) is 17.1. The number of hydrogen-bond donors (Lipinski definition) is 1. The largest absolute Gasteiger partial charge is 0.496 e. The molecule has 1 fully saturated rings. The minimum Gasteiger partial charge on any atom is -0.496 e. The number of rotatable bonds is 6. The van der Waals surface area contributed by atoms with Crippen molar-refractivity contribution in [1.82, 2.24) is 10.2 Å². The van der Waals surface area contributed by atoms with Crippen LogP contribution < -0.4 is 15.0 Å². The molecule has 0 saturated carbocycles. The van der Waals surface area contributed by atoms with E-state index in [9.17, 15) is 4.79 Å². The molecule has 0 spiro atoms. The molecule has 3 rings (SSSR count). The van der Waals surface area contributed by atoms with E-state index in [0.29, 0.717) is 12.5 Å². The van der Waals surface area contributed by atoms with Crippen LogP contribution >= 0.6 is 0 Å². The predicted octanol–water partition coefficient (Wildman–Crippen LogP) is 3.89. The van der Waals surface area contributed by atoms with Crippen molar-refractivity contribution in [1.29, 1.82) is 0 Å². The number of nitrogens with one attached hydrogen (secondary N) is 1. The van der Waals surface area contributed by atoms with Crippen LogP contribution in [0.4, 0.5) is 10.5 Å². The third-order valence-electron chi connectivity index (χ3n) is 5.33. The number of hydrogen-bond acceptors (Lipinski definition) is 3. The third-order valence-corrected chi connectivity index (χ3v) is 5.33. The number of carbonyl (C=O) groups excluding carboxylic acids is 1. The van der Waals surface area contributed by atoms with Gasteiger partial charge in [0.05, 0.1) is 7.11 Å². The molecule has 5 heteroatoms.